The summed E-state index contributed by atoms with van der Waals surface area (Å²) in [6, 6.07) is 0. The molecule has 0 amide bonds. The Labute approximate surface area is 43.3 Å². The summed E-state index contributed by atoms with van der Waals surface area (Å²) in [5, 5.41) is 0. The first-order chi connectivity index (χ1) is 1.73. The van der Waals surface area contributed by atoms with Gasteiger partial charge in [-0.3, -0.25) is 0 Å². The topological polar surface area (TPSA) is 57.5 Å². The fraction of sp³-hybridized carbons (Fsp3) is 0. The smallest absolute Gasteiger partial charge is 0.134 e. The Bertz CT molecular complexity index is 29.9. The van der Waals surface area contributed by atoms with Gasteiger partial charge in [-0.15, -0.1) is 9.79 Å². The van der Waals surface area contributed by atoms with Crippen LogP contribution in [0.15, 0.2) is 0 Å². The maximum Gasteiger partial charge on any atom is 0.692 e. The van der Waals surface area contributed by atoms with Gasteiger partial charge in [-0.2, -0.15) is 0 Å². The van der Waals surface area contributed by atoms with Crippen LogP contribution in [0.2, 0.25) is 0 Å². The molecule has 5 heteroatoms. The molecular formula is H2O3PTc+. The van der Waals surface area contributed by atoms with Crippen LogP contribution in [0.5, 0.6) is 0 Å². The van der Waals surface area contributed by atoms with Gasteiger partial charge in [-0.1, -0.05) is 0 Å². The van der Waals surface area contributed by atoms with Gasteiger partial charge < -0.3 is 0 Å². The van der Waals surface area contributed by atoms with Gasteiger partial charge in [0.2, 0.25) is 0 Å². The van der Waals surface area contributed by atoms with E-state index in [1.807, 2.05) is 0 Å². The van der Waals surface area contributed by atoms with Gasteiger partial charge in [0.25, 0.3) is 0 Å². The summed E-state index contributed by atoms with van der Waals surface area (Å²) in [6.07, 6.45) is 0. The van der Waals surface area contributed by atoms with Crippen molar-refractivity contribution in [3.8, 4) is 0 Å². The first-order valence-electron chi connectivity index (χ1n) is 0.583. The Kier molecular flexibility index (Phi) is 8.57. The SMILES string of the molecule is O=[P+](O)O.[99Tc]. The maximum atomic E-state index is 8.70. The van der Waals surface area contributed by atoms with Gasteiger partial charge in [0.1, 0.15) is 0 Å². The van der Waals surface area contributed by atoms with Gasteiger partial charge in [-0.25, -0.2) is 0 Å². The Morgan fingerprint density at radius 2 is 1.40 bits per heavy atom. The van der Waals surface area contributed by atoms with Crippen LogP contribution in [-0.2, 0) is 24.7 Å². The van der Waals surface area contributed by atoms with E-state index in [2.05, 4.69) is 0 Å². The fourth-order valence-electron chi connectivity index (χ4n) is 0. The quantitative estimate of drug-likeness (QED) is 0.499. The first-order valence-corrected chi connectivity index (χ1v) is 1.75. The third kappa shape index (κ3) is 74.3. The van der Waals surface area contributed by atoms with Gasteiger partial charge in [0.05, 0.1) is 0 Å². The molecule has 0 aliphatic carbocycles. The molecule has 0 rings (SSSR count). The van der Waals surface area contributed by atoms with E-state index in [0.29, 0.717) is 0 Å². The molecule has 0 saturated carbocycles. The second-order valence-corrected chi connectivity index (χ2v) is 0.758. The molecule has 0 bridgehead atoms. The van der Waals surface area contributed by atoms with Crippen molar-refractivity contribution in [1.82, 2.24) is 0 Å². The monoisotopic (exact) mass is 180 g/mol. The minimum Gasteiger partial charge on any atom is -0.134 e. The van der Waals surface area contributed by atoms with Crippen LogP contribution in [0.25, 0.3) is 0 Å². The minimum absolute atomic E-state index is 0. The zero-order valence-corrected chi connectivity index (χ0v) is 4.88. The van der Waals surface area contributed by atoms with Crippen LogP contribution < -0.4 is 0 Å². The van der Waals surface area contributed by atoms with Gasteiger partial charge in [-0.05, 0) is 0 Å². The van der Waals surface area contributed by atoms with Crippen molar-refractivity contribution < 1.29 is 34.5 Å². The molecular weight excluding hydrogens is 178 g/mol. The molecule has 0 heterocycles. The summed E-state index contributed by atoms with van der Waals surface area (Å²) in [7, 11) is -2.87. The molecule has 0 spiro atoms. The molecule has 1 radical (unpaired) electrons. The summed E-state index contributed by atoms with van der Waals surface area (Å²) in [5.74, 6) is 0. The van der Waals surface area contributed by atoms with Crippen molar-refractivity contribution in [1.29, 1.82) is 0 Å². The predicted octanol–water partition coefficient (Wildman–Crippen LogP) is -0.374. The van der Waals surface area contributed by atoms with Crippen molar-refractivity contribution in [2.75, 3.05) is 0 Å². The van der Waals surface area contributed by atoms with Crippen LogP contribution in [0.1, 0.15) is 0 Å². The first kappa shape index (κ1) is 9.18. The van der Waals surface area contributed by atoms with Crippen molar-refractivity contribution in [2.24, 2.45) is 0 Å². The zero-order chi connectivity index (χ0) is 3.58. The molecule has 2 N–H and O–H groups in total. The minimum atomic E-state index is -2.87. The van der Waals surface area contributed by atoms with Crippen molar-refractivity contribution in [3.05, 3.63) is 0 Å². The fourth-order valence-corrected chi connectivity index (χ4v) is 0. The van der Waals surface area contributed by atoms with Crippen molar-refractivity contribution in [3.63, 3.8) is 0 Å². The molecule has 0 aliphatic heterocycles. The van der Waals surface area contributed by atoms with Crippen LogP contribution >= 0.6 is 8.25 Å². The van der Waals surface area contributed by atoms with E-state index < -0.39 is 8.25 Å². The Hall–Kier alpha value is 0.669. The van der Waals surface area contributed by atoms with Crippen LogP contribution in [0.4, 0.5) is 0 Å². The summed E-state index contributed by atoms with van der Waals surface area (Å²) in [6.45, 7) is 0. The summed E-state index contributed by atoms with van der Waals surface area (Å²) >= 11 is 0. The molecule has 31 valence electrons. The normalized spacial score (nSPS) is 5.20. The van der Waals surface area contributed by atoms with Crippen LogP contribution in [0.3, 0.4) is 0 Å². The van der Waals surface area contributed by atoms with E-state index in [9.17, 15) is 0 Å². The molecule has 0 atom stereocenters. The van der Waals surface area contributed by atoms with Crippen molar-refractivity contribution >= 4 is 8.25 Å². The second kappa shape index (κ2) is 4.67. The summed E-state index contributed by atoms with van der Waals surface area (Å²) < 4.78 is 8.70. The van der Waals surface area contributed by atoms with Crippen LogP contribution in [-0.4, -0.2) is 9.79 Å². The van der Waals surface area contributed by atoms with Gasteiger partial charge in [0, 0.05) is 24.7 Å². The molecule has 0 saturated heterocycles. The Morgan fingerprint density at radius 3 is 1.40 bits per heavy atom. The third-order valence-electron chi connectivity index (χ3n) is 0. The van der Waals surface area contributed by atoms with E-state index in [0.717, 1.165) is 0 Å². The zero-order valence-electron chi connectivity index (χ0n) is 2.13. The van der Waals surface area contributed by atoms with E-state index >= 15 is 0 Å². The van der Waals surface area contributed by atoms with Gasteiger partial charge in [0.15, 0.2) is 0 Å². The third-order valence-corrected chi connectivity index (χ3v) is 0. The Morgan fingerprint density at radius 1 is 1.40 bits per heavy atom. The molecule has 5 heavy (non-hydrogen) atoms. The number of hydrogen-bond donors (Lipinski definition) is 2. The Balaban J connectivity index is 0. The van der Waals surface area contributed by atoms with Crippen LogP contribution in [0, 0.1) is 0 Å². The molecule has 0 fully saturated rings. The molecule has 0 aromatic rings. The summed E-state index contributed by atoms with van der Waals surface area (Å²) in [5.41, 5.74) is 0. The maximum absolute atomic E-state index is 8.70. The second-order valence-electron chi connectivity index (χ2n) is 0.253. The average molecular weight is 180 g/mol. The molecule has 0 aromatic carbocycles. The predicted molar refractivity (Wildman–Crippen MR) is 12.0 cm³/mol. The van der Waals surface area contributed by atoms with E-state index in [-0.39, 0.29) is 20.1 Å². The number of rotatable bonds is 0. The molecule has 0 aromatic heterocycles. The number of hydrogen-bond acceptors (Lipinski definition) is 1. The van der Waals surface area contributed by atoms with E-state index in [1.54, 1.807) is 0 Å². The largest absolute Gasteiger partial charge is 0.692 e. The molecule has 0 unspecified atom stereocenters. The van der Waals surface area contributed by atoms with Crippen molar-refractivity contribution in [2.45, 2.75) is 0 Å². The molecule has 3 nitrogen and oxygen atoms in total. The van der Waals surface area contributed by atoms with E-state index in [1.165, 1.54) is 0 Å². The summed E-state index contributed by atoms with van der Waals surface area (Å²) in [4.78, 5) is 14.2. The standard InChI is InChI=1S/HO3P.Tc/c1-4(2)3;/h(H-,1,2,3);/p+1/i;1+1. The van der Waals surface area contributed by atoms with Gasteiger partial charge >= 0.3 is 8.25 Å². The molecule has 0 aliphatic rings. The average Bonchev–Trinajstić information content (AvgIpc) is 0.811. The van der Waals surface area contributed by atoms with E-state index in [4.69, 9.17) is 14.4 Å².